The lowest BCUT2D eigenvalue weighted by Gasteiger charge is -2.32. The molecule has 6 nitrogen and oxygen atoms in total. The molecular formula is C19H23N3O3. The van der Waals surface area contributed by atoms with Gasteiger partial charge >= 0.3 is 11.8 Å². The monoisotopic (exact) mass is 341 g/mol. The number of carbonyl (C=O) groups is 2. The second kappa shape index (κ2) is 8.48. The third-order valence-electron chi connectivity index (χ3n) is 4.38. The van der Waals surface area contributed by atoms with Crippen LogP contribution in [0.1, 0.15) is 24.2 Å². The Morgan fingerprint density at radius 1 is 1.04 bits per heavy atom. The molecule has 1 aromatic heterocycles. The van der Waals surface area contributed by atoms with Crippen LogP contribution in [-0.4, -0.2) is 35.8 Å². The van der Waals surface area contributed by atoms with Crippen molar-refractivity contribution in [3.63, 3.8) is 0 Å². The van der Waals surface area contributed by atoms with Gasteiger partial charge in [-0.15, -0.1) is 0 Å². The number of benzene rings is 1. The molecule has 0 radical (unpaired) electrons. The summed E-state index contributed by atoms with van der Waals surface area (Å²) in [7, 11) is 0. The predicted octanol–water partition coefficient (Wildman–Crippen LogP) is 1.68. The fraction of sp³-hybridized carbons (Fsp3) is 0.368. The van der Waals surface area contributed by atoms with Crippen LogP contribution in [0.15, 0.2) is 53.1 Å². The zero-order valence-corrected chi connectivity index (χ0v) is 14.1. The summed E-state index contributed by atoms with van der Waals surface area (Å²) in [6, 6.07) is 13.9. The van der Waals surface area contributed by atoms with Crippen molar-refractivity contribution >= 4 is 11.8 Å². The number of hydrogen-bond donors (Lipinski definition) is 2. The first-order valence-corrected chi connectivity index (χ1v) is 8.58. The van der Waals surface area contributed by atoms with E-state index in [-0.39, 0.29) is 12.6 Å². The van der Waals surface area contributed by atoms with Crippen LogP contribution in [0.3, 0.4) is 0 Å². The van der Waals surface area contributed by atoms with Crippen LogP contribution in [0.2, 0.25) is 0 Å². The predicted molar refractivity (Wildman–Crippen MR) is 93.4 cm³/mol. The standard InChI is InChI=1S/C19H23N3O3/c23-18(20-13-17-7-4-12-25-17)19(24)21-16-8-10-22(11-9-16)14-15-5-2-1-3-6-15/h1-7,12,16H,8-11,13-14H2,(H,20,23)(H,21,24). The number of rotatable bonds is 5. The molecule has 1 aromatic carbocycles. The largest absolute Gasteiger partial charge is 0.467 e. The molecule has 1 saturated heterocycles. The number of nitrogens with one attached hydrogen (secondary N) is 2. The van der Waals surface area contributed by atoms with Crippen LogP contribution >= 0.6 is 0 Å². The Labute approximate surface area is 147 Å². The molecule has 0 aliphatic carbocycles. The van der Waals surface area contributed by atoms with Crippen molar-refractivity contribution in [3.05, 3.63) is 60.1 Å². The van der Waals surface area contributed by atoms with Crippen LogP contribution in [0, 0.1) is 0 Å². The highest BCUT2D eigenvalue weighted by Gasteiger charge is 2.23. The summed E-state index contributed by atoms with van der Waals surface area (Å²) in [5.41, 5.74) is 1.29. The number of hydrogen-bond acceptors (Lipinski definition) is 4. The van der Waals surface area contributed by atoms with E-state index in [0.717, 1.165) is 32.5 Å². The number of piperidine rings is 1. The number of carbonyl (C=O) groups excluding carboxylic acids is 2. The number of likely N-dealkylation sites (tertiary alicyclic amines) is 1. The molecule has 0 saturated carbocycles. The normalized spacial score (nSPS) is 15.7. The first-order valence-electron chi connectivity index (χ1n) is 8.58. The van der Waals surface area contributed by atoms with E-state index in [4.69, 9.17) is 4.42 Å². The maximum atomic E-state index is 12.0. The lowest BCUT2D eigenvalue weighted by Crippen LogP contribution is -2.48. The molecule has 2 heterocycles. The molecule has 1 aliphatic heterocycles. The van der Waals surface area contributed by atoms with Gasteiger partial charge in [-0.3, -0.25) is 14.5 Å². The van der Waals surface area contributed by atoms with Gasteiger partial charge in [0.15, 0.2) is 0 Å². The maximum Gasteiger partial charge on any atom is 0.309 e. The van der Waals surface area contributed by atoms with Crippen LogP contribution in [0.5, 0.6) is 0 Å². The minimum Gasteiger partial charge on any atom is -0.467 e. The van der Waals surface area contributed by atoms with Crippen molar-refractivity contribution in [2.45, 2.75) is 32.0 Å². The van der Waals surface area contributed by atoms with Gasteiger partial charge in [-0.05, 0) is 30.5 Å². The lowest BCUT2D eigenvalue weighted by molar-refractivity contribution is -0.140. The second-order valence-electron chi connectivity index (χ2n) is 6.27. The summed E-state index contributed by atoms with van der Waals surface area (Å²) in [5.74, 6) is -0.577. The van der Waals surface area contributed by atoms with Crippen molar-refractivity contribution in [2.75, 3.05) is 13.1 Å². The lowest BCUT2D eigenvalue weighted by atomic mass is 10.0. The van der Waals surface area contributed by atoms with Gasteiger partial charge in [0.05, 0.1) is 12.8 Å². The molecule has 2 amide bonds. The zero-order valence-electron chi connectivity index (χ0n) is 14.1. The zero-order chi connectivity index (χ0) is 17.5. The molecule has 2 aromatic rings. The van der Waals surface area contributed by atoms with E-state index in [1.807, 2.05) is 18.2 Å². The Bertz CT molecular complexity index is 677. The number of nitrogens with zero attached hydrogens (tertiary/aromatic N) is 1. The topological polar surface area (TPSA) is 74.6 Å². The first kappa shape index (κ1) is 17.2. The summed E-state index contributed by atoms with van der Waals surface area (Å²) < 4.78 is 5.12. The van der Waals surface area contributed by atoms with E-state index in [2.05, 4.69) is 27.7 Å². The van der Waals surface area contributed by atoms with Gasteiger partial charge < -0.3 is 15.1 Å². The molecule has 0 spiro atoms. The van der Waals surface area contributed by atoms with Gasteiger partial charge in [-0.1, -0.05) is 30.3 Å². The number of amides is 2. The third kappa shape index (κ3) is 5.19. The summed E-state index contributed by atoms with van der Waals surface area (Å²) >= 11 is 0. The molecule has 0 atom stereocenters. The summed E-state index contributed by atoms with van der Waals surface area (Å²) in [6.45, 7) is 2.96. The van der Waals surface area contributed by atoms with Crippen LogP contribution < -0.4 is 10.6 Å². The fourth-order valence-electron chi connectivity index (χ4n) is 2.99. The average Bonchev–Trinajstić information content (AvgIpc) is 3.16. The molecule has 3 rings (SSSR count). The Hall–Kier alpha value is -2.60. The van der Waals surface area contributed by atoms with Gasteiger partial charge in [0.1, 0.15) is 5.76 Å². The first-order chi connectivity index (χ1) is 12.2. The smallest absolute Gasteiger partial charge is 0.309 e. The van der Waals surface area contributed by atoms with E-state index in [1.54, 1.807) is 12.1 Å². The van der Waals surface area contributed by atoms with Crippen LogP contribution in [0.25, 0.3) is 0 Å². The minimum atomic E-state index is -0.622. The van der Waals surface area contributed by atoms with Crippen molar-refractivity contribution < 1.29 is 14.0 Å². The minimum absolute atomic E-state index is 0.0499. The van der Waals surface area contributed by atoms with E-state index in [1.165, 1.54) is 11.8 Å². The fourth-order valence-corrected chi connectivity index (χ4v) is 2.99. The Balaban J connectivity index is 1.38. The van der Waals surface area contributed by atoms with Gasteiger partial charge in [-0.25, -0.2) is 0 Å². The van der Waals surface area contributed by atoms with Crippen molar-refractivity contribution in [2.24, 2.45) is 0 Å². The molecule has 1 fully saturated rings. The second-order valence-corrected chi connectivity index (χ2v) is 6.27. The van der Waals surface area contributed by atoms with Gasteiger partial charge in [0.25, 0.3) is 0 Å². The Kier molecular flexibility index (Phi) is 5.85. The molecule has 1 aliphatic rings. The molecule has 6 heteroatoms. The molecule has 0 unspecified atom stereocenters. The van der Waals surface area contributed by atoms with Crippen molar-refractivity contribution in [3.8, 4) is 0 Å². The van der Waals surface area contributed by atoms with E-state index in [9.17, 15) is 9.59 Å². The molecule has 25 heavy (non-hydrogen) atoms. The molecule has 2 N–H and O–H groups in total. The van der Waals surface area contributed by atoms with Crippen LogP contribution in [0.4, 0.5) is 0 Å². The van der Waals surface area contributed by atoms with E-state index >= 15 is 0 Å². The van der Waals surface area contributed by atoms with Crippen molar-refractivity contribution in [1.29, 1.82) is 0 Å². The van der Waals surface area contributed by atoms with Gasteiger partial charge in [-0.2, -0.15) is 0 Å². The average molecular weight is 341 g/mol. The molecule has 132 valence electrons. The molecule has 0 bridgehead atoms. The Morgan fingerprint density at radius 2 is 1.80 bits per heavy atom. The van der Waals surface area contributed by atoms with E-state index in [0.29, 0.717) is 5.76 Å². The highest BCUT2D eigenvalue weighted by molar-refractivity contribution is 6.35. The quantitative estimate of drug-likeness (QED) is 0.812. The maximum absolute atomic E-state index is 12.0. The summed E-state index contributed by atoms with van der Waals surface area (Å²) in [4.78, 5) is 26.2. The van der Waals surface area contributed by atoms with E-state index < -0.39 is 11.8 Å². The van der Waals surface area contributed by atoms with Crippen LogP contribution in [-0.2, 0) is 22.7 Å². The highest BCUT2D eigenvalue weighted by Crippen LogP contribution is 2.13. The summed E-state index contributed by atoms with van der Waals surface area (Å²) in [6.07, 6.45) is 3.23. The SMILES string of the molecule is O=C(NCc1ccco1)C(=O)NC1CCN(Cc2ccccc2)CC1. The molecular weight excluding hydrogens is 318 g/mol. The van der Waals surface area contributed by atoms with Gasteiger partial charge in [0.2, 0.25) is 0 Å². The van der Waals surface area contributed by atoms with Gasteiger partial charge in [0, 0.05) is 25.7 Å². The Morgan fingerprint density at radius 3 is 2.48 bits per heavy atom. The van der Waals surface area contributed by atoms with Crippen molar-refractivity contribution in [1.82, 2.24) is 15.5 Å². The number of furan rings is 1. The highest BCUT2D eigenvalue weighted by atomic mass is 16.3. The summed E-state index contributed by atoms with van der Waals surface area (Å²) in [5, 5.41) is 5.39. The third-order valence-corrected chi connectivity index (χ3v) is 4.38.